The van der Waals surface area contributed by atoms with Gasteiger partial charge in [0, 0.05) is 24.0 Å². The first-order valence-electron chi connectivity index (χ1n) is 9.61. The molecule has 2 N–H and O–H groups in total. The molecular formula is C20H22N6O2S2. The van der Waals surface area contributed by atoms with Gasteiger partial charge in [-0.15, -0.1) is 33.3 Å². The van der Waals surface area contributed by atoms with Gasteiger partial charge in [0.15, 0.2) is 5.65 Å². The Morgan fingerprint density at radius 1 is 1.33 bits per heavy atom. The van der Waals surface area contributed by atoms with Crippen LogP contribution >= 0.6 is 23.1 Å². The van der Waals surface area contributed by atoms with Gasteiger partial charge in [-0.1, -0.05) is 6.07 Å². The molecule has 0 bridgehead atoms. The van der Waals surface area contributed by atoms with Crippen LogP contribution in [0, 0.1) is 13.8 Å². The number of carbonyl (C=O) groups excluding carboxylic acids is 1. The molecule has 0 saturated heterocycles. The Morgan fingerprint density at radius 3 is 3.00 bits per heavy atom. The van der Waals surface area contributed by atoms with Gasteiger partial charge in [-0.2, -0.15) is 0 Å². The molecule has 0 radical (unpaired) electrons. The van der Waals surface area contributed by atoms with Crippen LogP contribution in [0.1, 0.15) is 29.0 Å². The molecule has 0 aromatic carbocycles. The molecule has 4 aromatic rings. The van der Waals surface area contributed by atoms with Gasteiger partial charge in [0.1, 0.15) is 16.5 Å². The number of nitrogens with zero attached hydrogens (tertiary/aromatic N) is 4. The second kappa shape index (κ2) is 8.57. The highest BCUT2D eigenvalue weighted by molar-refractivity contribution is 7.99. The van der Waals surface area contributed by atoms with Gasteiger partial charge < -0.3 is 10.3 Å². The number of aromatic nitrogens is 5. The van der Waals surface area contributed by atoms with E-state index in [0.717, 1.165) is 26.7 Å². The van der Waals surface area contributed by atoms with Gasteiger partial charge in [0.05, 0.1) is 16.4 Å². The number of H-pyrrole nitrogens is 1. The third kappa shape index (κ3) is 4.10. The van der Waals surface area contributed by atoms with Gasteiger partial charge >= 0.3 is 0 Å². The van der Waals surface area contributed by atoms with Crippen LogP contribution < -0.4 is 10.9 Å². The highest BCUT2D eigenvalue weighted by atomic mass is 32.2. The maximum atomic E-state index is 12.4. The fraction of sp³-hybridized carbons (Fsp3) is 0.350. The number of carbonyl (C=O) groups is 1. The molecule has 4 aromatic heterocycles. The number of amides is 1. The fourth-order valence-corrected chi connectivity index (χ4v) is 4.98. The first-order valence-corrected chi connectivity index (χ1v) is 11.5. The number of hydrogen-bond acceptors (Lipinski definition) is 7. The summed E-state index contributed by atoms with van der Waals surface area (Å²) in [6.07, 6.45) is 2.50. The number of hydrogen-bond donors (Lipinski definition) is 2. The van der Waals surface area contributed by atoms with E-state index in [2.05, 4.69) is 25.5 Å². The van der Waals surface area contributed by atoms with Gasteiger partial charge in [-0.3, -0.25) is 14.0 Å². The third-order valence-corrected chi connectivity index (χ3v) is 7.21. The Labute approximate surface area is 181 Å². The number of pyridine rings is 1. The molecule has 0 fully saturated rings. The summed E-state index contributed by atoms with van der Waals surface area (Å²) in [7, 11) is 0. The van der Waals surface area contributed by atoms with Crippen molar-refractivity contribution < 1.29 is 4.79 Å². The smallest absolute Gasteiger partial charge is 0.259 e. The zero-order valence-electron chi connectivity index (χ0n) is 16.9. The monoisotopic (exact) mass is 442 g/mol. The van der Waals surface area contributed by atoms with Crippen molar-refractivity contribution in [1.29, 1.82) is 0 Å². The largest absolute Gasteiger partial charge is 0.355 e. The van der Waals surface area contributed by atoms with E-state index < -0.39 is 0 Å². The standard InChI is InChI=1S/C20H22N6O2S2/c1-11-12(2)30-20-17(11)19(28)22-14(23-20)10-29-13(3)18(27)21-8-7-16-25-24-15-6-4-5-9-26(15)16/h4-6,9,13H,7-8,10H2,1-3H3,(H,21,27)(H,22,23,28). The van der Waals surface area contributed by atoms with Gasteiger partial charge in [-0.25, -0.2) is 4.98 Å². The number of fused-ring (bicyclic) bond motifs is 2. The normalized spacial score (nSPS) is 12.5. The summed E-state index contributed by atoms with van der Waals surface area (Å²) in [5.74, 6) is 1.81. The minimum Gasteiger partial charge on any atom is -0.355 e. The number of thiophene rings is 1. The second-order valence-corrected chi connectivity index (χ2v) is 9.55. The van der Waals surface area contributed by atoms with Crippen molar-refractivity contribution in [2.75, 3.05) is 6.54 Å². The number of aromatic amines is 1. The van der Waals surface area contributed by atoms with Gasteiger partial charge in [-0.05, 0) is 38.5 Å². The van der Waals surface area contributed by atoms with Crippen LogP contribution in [0.5, 0.6) is 0 Å². The van der Waals surface area contributed by atoms with E-state index in [1.165, 1.54) is 23.1 Å². The van der Waals surface area contributed by atoms with E-state index in [4.69, 9.17) is 0 Å². The fourth-order valence-electron chi connectivity index (χ4n) is 3.15. The Hall–Kier alpha value is -2.72. The van der Waals surface area contributed by atoms with E-state index in [9.17, 15) is 9.59 Å². The molecule has 30 heavy (non-hydrogen) atoms. The highest BCUT2D eigenvalue weighted by Crippen LogP contribution is 2.26. The first kappa shape index (κ1) is 20.5. The zero-order valence-corrected chi connectivity index (χ0v) is 18.6. The molecule has 8 nitrogen and oxygen atoms in total. The van der Waals surface area contributed by atoms with E-state index in [0.29, 0.717) is 29.9 Å². The third-order valence-electron chi connectivity index (χ3n) is 4.96. The topological polar surface area (TPSA) is 105 Å². The average molecular weight is 443 g/mol. The number of rotatable bonds is 7. The summed E-state index contributed by atoms with van der Waals surface area (Å²) < 4.78 is 1.91. The summed E-state index contributed by atoms with van der Waals surface area (Å²) in [4.78, 5) is 34.1. The predicted octanol–water partition coefficient (Wildman–Crippen LogP) is 2.62. The number of thioether (sulfide) groups is 1. The molecule has 10 heteroatoms. The summed E-state index contributed by atoms with van der Waals surface area (Å²) in [6, 6.07) is 5.73. The maximum absolute atomic E-state index is 12.4. The lowest BCUT2D eigenvalue weighted by Crippen LogP contribution is -2.32. The van der Waals surface area contributed by atoms with Crippen LogP contribution in [0.3, 0.4) is 0 Å². The van der Waals surface area contributed by atoms with Crippen molar-refractivity contribution in [2.24, 2.45) is 0 Å². The average Bonchev–Trinajstić information content (AvgIpc) is 3.27. The van der Waals surface area contributed by atoms with Crippen LogP contribution in [0.2, 0.25) is 0 Å². The Kier molecular flexibility index (Phi) is 5.87. The summed E-state index contributed by atoms with van der Waals surface area (Å²) in [6.45, 7) is 6.26. The van der Waals surface area contributed by atoms with E-state index in [1.807, 2.05) is 49.6 Å². The number of aryl methyl sites for hydroxylation is 2. The molecular weight excluding hydrogens is 420 g/mol. The van der Waals surface area contributed by atoms with Crippen molar-refractivity contribution in [3.8, 4) is 0 Å². The van der Waals surface area contributed by atoms with Crippen LogP contribution in [-0.2, 0) is 17.0 Å². The van der Waals surface area contributed by atoms with Crippen molar-refractivity contribution in [3.05, 3.63) is 56.8 Å². The minimum atomic E-state index is -0.270. The molecule has 1 amide bonds. The Bertz CT molecular complexity index is 1280. The highest BCUT2D eigenvalue weighted by Gasteiger charge is 2.16. The van der Waals surface area contributed by atoms with Crippen LogP contribution in [0.25, 0.3) is 15.9 Å². The lowest BCUT2D eigenvalue weighted by atomic mass is 10.2. The molecule has 0 aliphatic carbocycles. The van der Waals surface area contributed by atoms with Crippen molar-refractivity contribution in [2.45, 2.75) is 38.2 Å². The number of nitrogens with one attached hydrogen (secondary N) is 2. The van der Waals surface area contributed by atoms with Gasteiger partial charge in [0.25, 0.3) is 5.56 Å². The summed E-state index contributed by atoms with van der Waals surface area (Å²) in [5.41, 5.74) is 1.66. The minimum absolute atomic E-state index is 0.0555. The molecule has 1 atom stereocenters. The van der Waals surface area contributed by atoms with E-state index >= 15 is 0 Å². The summed E-state index contributed by atoms with van der Waals surface area (Å²) >= 11 is 2.97. The van der Waals surface area contributed by atoms with Crippen molar-refractivity contribution >= 4 is 44.9 Å². The lowest BCUT2D eigenvalue weighted by Gasteiger charge is -2.11. The molecule has 0 aliphatic rings. The van der Waals surface area contributed by atoms with Crippen molar-refractivity contribution in [3.63, 3.8) is 0 Å². The summed E-state index contributed by atoms with van der Waals surface area (Å²) in [5, 5.41) is 11.6. The molecule has 0 spiro atoms. The Morgan fingerprint density at radius 2 is 2.17 bits per heavy atom. The lowest BCUT2D eigenvalue weighted by molar-refractivity contribution is -0.120. The van der Waals surface area contributed by atoms with E-state index in [1.54, 1.807) is 0 Å². The quantitative estimate of drug-likeness (QED) is 0.456. The van der Waals surface area contributed by atoms with Gasteiger partial charge in [0.2, 0.25) is 5.91 Å². The Balaban J connectivity index is 1.31. The molecule has 4 rings (SSSR count). The molecule has 4 heterocycles. The molecule has 156 valence electrons. The zero-order chi connectivity index (χ0) is 21.3. The molecule has 0 aliphatic heterocycles. The van der Waals surface area contributed by atoms with Crippen LogP contribution in [-0.4, -0.2) is 42.3 Å². The molecule has 0 saturated carbocycles. The van der Waals surface area contributed by atoms with Crippen LogP contribution in [0.4, 0.5) is 0 Å². The SMILES string of the molecule is Cc1sc2nc(CSC(C)C(=O)NCCc3nnc4ccccn34)[nH]c(=O)c2c1C. The maximum Gasteiger partial charge on any atom is 0.259 e. The van der Waals surface area contributed by atoms with Crippen LogP contribution in [0.15, 0.2) is 29.2 Å². The first-order chi connectivity index (χ1) is 14.4. The second-order valence-electron chi connectivity index (χ2n) is 7.02. The predicted molar refractivity (Wildman–Crippen MR) is 120 cm³/mol. The molecule has 1 unspecified atom stereocenters. The van der Waals surface area contributed by atoms with Crippen molar-refractivity contribution in [1.82, 2.24) is 29.9 Å². The van der Waals surface area contributed by atoms with E-state index in [-0.39, 0.29) is 16.7 Å².